The molecule has 1 fully saturated rings. The average molecular weight is 447 g/mol. The monoisotopic (exact) mass is 446 g/mol. The van der Waals surface area contributed by atoms with E-state index in [1.54, 1.807) is 19.1 Å². The largest absolute Gasteiger partial charge is 0.491 e. The Hall–Kier alpha value is -2.50. The normalized spacial score (nSPS) is 22.9. The van der Waals surface area contributed by atoms with Gasteiger partial charge >= 0.3 is 5.97 Å². The Morgan fingerprint density at radius 3 is 2.34 bits per heavy atom. The fourth-order valence-electron chi connectivity index (χ4n) is 5.17. The Balaban J connectivity index is 1.57. The molecule has 6 heteroatoms. The molecule has 0 bridgehead atoms. The molecule has 172 valence electrons. The molecule has 0 amide bonds. The Kier molecular flexibility index (Phi) is 6.77. The summed E-state index contributed by atoms with van der Waals surface area (Å²) >= 11 is 0. The number of hydrogen-bond donors (Lipinski definition) is 0. The number of halogens is 3. The van der Waals surface area contributed by atoms with E-state index in [0.717, 1.165) is 32.1 Å². The fraction of sp³-hybridized carbons (Fsp3) is 0.500. The van der Waals surface area contributed by atoms with Gasteiger partial charge < -0.3 is 9.47 Å². The third-order valence-corrected chi connectivity index (χ3v) is 6.82. The zero-order valence-electron chi connectivity index (χ0n) is 18.6. The van der Waals surface area contributed by atoms with Gasteiger partial charge in [0.2, 0.25) is 5.82 Å². The van der Waals surface area contributed by atoms with Crippen molar-refractivity contribution in [2.24, 2.45) is 5.92 Å². The molecule has 1 aliphatic carbocycles. The van der Waals surface area contributed by atoms with Gasteiger partial charge in [0.1, 0.15) is 11.9 Å². The van der Waals surface area contributed by atoms with Crippen molar-refractivity contribution in [3.8, 4) is 5.75 Å². The van der Waals surface area contributed by atoms with Crippen LogP contribution in [0.5, 0.6) is 5.75 Å². The lowest BCUT2D eigenvalue weighted by molar-refractivity contribution is 0.0235. The van der Waals surface area contributed by atoms with Crippen molar-refractivity contribution in [1.29, 1.82) is 0 Å². The second-order valence-electron chi connectivity index (χ2n) is 8.82. The Morgan fingerprint density at radius 2 is 1.66 bits per heavy atom. The molecule has 0 radical (unpaired) electrons. The Morgan fingerprint density at radius 1 is 0.938 bits per heavy atom. The third-order valence-electron chi connectivity index (χ3n) is 6.82. The summed E-state index contributed by atoms with van der Waals surface area (Å²) in [6.07, 6.45) is 5.41. The molecule has 0 aromatic heterocycles. The van der Waals surface area contributed by atoms with E-state index < -0.39 is 29.5 Å². The topological polar surface area (TPSA) is 35.5 Å². The number of fused-ring (bicyclic) bond motifs is 1. The predicted molar refractivity (Wildman–Crippen MR) is 115 cm³/mol. The highest BCUT2D eigenvalue weighted by molar-refractivity contribution is 5.93. The molecular formula is C26H29F3O3. The predicted octanol–water partition coefficient (Wildman–Crippen LogP) is 7.03. The summed E-state index contributed by atoms with van der Waals surface area (Å²) < 4.78 is 54.8. The molecule has 0 N–H and O–H groups in total. The van der Waals surface area contributed by atoms with Gasteiger partial charge in [0.25, 0.3) is 0 Å². The first-order valence-electron chi connectivity index (χ1n) is 11.6. The molecule has 1 heterocycles. The second kappa shape index (κ2) is 9.55. The zero-order chi connectivity index (χ0) is 22.8. The number of rotatable bonds is 6. The second-order valence-corrected chi connectivity index (χ2v) is 8.82. The van der Waals surface area contributed by atoms with Crippen LogP contribution in [0.4, 0.5) is 13.2 Å². The van der Waals surface area contributed by atoms with Crippen LogP contribution in [-0.2, 0) is 11.2 Å². The molecule has 2 aromatic carbocycles. The maximum Gasteiger partial charge on any atom is 0.342 e. The molecule has 3 nitrogen and oxygen atoms in total. The number of esters is 1. The summed E-state index contributed by atoms with van der Waals surface area (Å²) in [5.74, 6) is -2.99. The van der Waals surface area contributed by atoms with Crippen molar-refractivity contribution in [3.05, 3.63) is 64.0 Å². The van der Waals surface area contributed by atoms with Crippen LogP contribution < -0.4 is 4.74 Å². The first-order chi connectivity index (χ1) is 15.4. The van der Waals surface area contributed by atoms with E-state index in [1.807, 2.05) is 0 Å². The maximum atomic E-state index is 15.4. The standard InChI is InChI=1S/C26H29F3O3/c1-3-5-15-6-8-16(9-7-15)18-11-10-17-14-21(32-26(30)22(17)23(18)27)19-12-13-20(31-4-2)25(29)24(19)28/h10-13,15-16,21H,3-9,14H2,1-2H3. The van der Waals surface area contributed by atoms with Crippen LogP contribution in [0.3, 0.4) is 0 Å². The van der Waals surface area contributed by atoms with Crippen molar-refractivity contribution in [2.75, 3.05) is 6.61 Å². The number of carbonyl (C=O) groups excluding carboxylic acids is 1. The van der Waals surface area contributed by atoms with E-state index in [2.05, 4.69) is 6.92 Å². The van der Waals surface area contributed by atoms with Crippen LogP contribution >= 0.6 is 0 Å². The molecule has 32 heavy (non-hydrogen) atoms. The average Bonchev–Trinajstić information content (AvgIpc) is 2.78. The van der Waals surface area contributed by atoms with Crippen LogP contribution in [-0.4, -0.2) is 12.6 Å². The molecular weight excluding hydrogens is 417 g/mol. The quantitative estimate of drug-likeness (QED) is 0.447. The van der Waals surface area contributed by atoms with E-state index in [4.69, 9.17) is 9.47 Å². The first-order valence-corrected chi connectivity index (χ1v) is 11.6. The van der Waals surface area contributed by atoms with E-state index in [-0.39, 0.29) is 35.8 Å². The summed E-state index contributed by atoms with van der Waals surface area (Å²) in [4.78, 5) is 12.7. The van der Waals surface area contributed by atoms with Crippen LogP contribution in [0.2, 0.25) is 0 Å². The van der Waals surface area contributed by atoms with E-state index >= 15 is 4.39 Å². The highest BCUT2D eigenvalue weighted by Crippen LogP contribution is 2.41. The van der Waals surface area contributed by atoms with Crippen LogP contribution in [0.25, 0.3) is 0 Å². The number of carbonyl (C=O) groups is 1. The summed E-state index contributed by atoms with van der Waals surface area (Å²) in [5, 5.41) is 0. The van der Waals surface area contributed by atoms with Crippen molar-refractivity contribution in [3.63, 3.8) is 0 Å². The molecule has 4 rings (SSSR count). The first kappa shape index (κ1) is 22.7. The third kappa shape index (κ3) is 4.24. The van der Waals surface area contributed by atoms with Crippen molar-refractivity contribution in [1.82, 2.24) is 0 Å². The van der Waals surface area contributed by atoms with Gasteiger partial charge in [-0.25, -0.2) is 13.6 Å². The Labute approximate surface area is 186 Å². The van der Waals surface area contributed by atoms with Gasteiger partial charge in [0.05, 0.1) is 12.2 Å². The van der Waals surface area contributed by atoms with Crippen molar-refractivity contribution >= 4 is 5.97 Å². The summed E-state index contributed by atoms with van der Waals surface area (Å²) in [7, 11) is 0. The lowest BCUT2D eigenvalue weighted by Crippen LogP contribution is -2.25. The van der Waals surface area contributed by atoms with E-state index in [1.165, 1.54) is 18.6 Å². The van der Waals surface area contributed by atoms with Gasteiger partial charge in [0, 0.05) is 12.0 Å². The van der Waals surface area contributed by atoms with Crippen LogP contribution in [0.15, 0.2) is 24.3 Å². The number of ether oxygens (including phenoxy) is 2. The minimum Gasteiger partial charge on any atom is -0.491 e. The molecule has 1 aliphatic heterocycles. The fourth-order valence-corrected chi connectivity index (χ4v) is 5.17. The number of hydrogen-bond acceptors (Lipinski definition) is 3. The molecule has 0 spiro atoms. The molecule has 1 atom stereocenters. The molecule has 2 aliphatic rings. The SMILES string of the molecule is CCCC1CCC(c2ccc3c(c2F)C(=O)OC(c2ccc(OCC)c(F)c2F)C3)CC1. The summed E-state index contributed by atoms with van der Waals surface area (Å²) in [6.45, 7) is 4.05. The zero-order valence-corrected chi connectivity index (χ0v) is 18.6. The van der Waals surface area contributed by atoms with Crippen LogP contribution in [0, 0.1) is 23.4 Å². The molecule has 1 saturated carbocycles. The number of cyclic esters (lactones) is 1. The minimum absolute atomic E-state index is 0.0683. The summed E-state index contributed by atoms with van der Waals surface area (Å²) in [5.41, 5.74) is 0.873. The maximum absolute atomic E-state index is 15.4. The van der Waals surface area contributed by atoms with Gasteiger partial charge in [0.15, 0.2) is 11.6 Å². The van der Waals surface area contributed by atoms with Gasteiger partial charge in [-0.05, 0) is 67.7 Å². The molecule has 1 unspecified atom stereocenters. The Bertz CT molecular complexity index is 996. The smallest absolute Gasteiger partial charge is 0.342 e. The molecule has 0 saturated heterocycles. The van der Waals surface area contributed by atoms with E-state index in [9.17, 15) is 13.6 Å². The van der Waals surface area contributed by atoms with Crippen LogP contribution in [0.1, 0.15) is 91.4 Å². The lowest BCUT2D eigenvalue weighted by atomic mass is 9.76. The van der Waals surface area contributed by atoms with Gasteiger partial charge in [-0.2, -0.15) is 4.39 Å². The lowest BCUT2D eigenvalue weighted by Gasteiger charge is -2.31. The number of benzene rings is 2. The van der Waals surface area contributed by atoms with Gasteiger partial charge in [-0.3, -0.25) is 0 Å². The van der Waals surface area contributed by atoms with E-state index in [0.29, 0.717) is 17.0 Å². The minimum atomic E-state index is -1.12. The highest BCUT2D eigenvalue weighted by Gasteiger charge is 2.35. The van der Waals surface area contributed by atoms with Gasteiger partial charge in [-0.15, -0.1) is 0 Å². The molecule has 2 aromatic rings. The van der Waals surface area contributed by atoms with Crippen molar-refractivity contribution < 1.29 is 27.4 Å². The van der Waals surface area contributed by atoms with Gasteiger partial charge in [-0.1, -0.05) is 31.9 Å². The summed E-state index contributed by atoms with van der Waals surface area (Å²) in [6, 6.07) is 6.16. The highest BCUT2D eigenvalue weighted by atomic mass is 19.2. The van der Waals surface area contributed by atoms with Crippen molar-refractivity contribution in [2.45, 2.75) is 70.8 Å².